The average molecular weight is 618 g/mol. The number of ether oxygens (including phenoxy) is 1. The summed E-state index contributed by atoms with van der Waals surface area (Å²) in [5, 5.41) is 4.94. The first-order valence-corrected chi connectivity index (χ1v) is 14.1. The van der Waals surface area contributed by atoms with Crippen LogP contribution in [0.5, 0.6) is 5.75 Å². The number of carbonyl (C=O) groups excluding carboxylic acids is 2. The minimum atomic E-state index is -0.331. The molecule has 1 fully saturated rings. The molecule has 3 aromatic carbocycles. The van der Waals surface area contributed by atoms with Crippen LogP contribution in [0.25, 0.3) is 12.2 Å². The second-order valence-corrected chi connectivity index (χ2v) is 11.6. The molecule has 4 rings (SSSR count). The summed E-state index contributed by atoms with van der Waals surface area (Å²) in [7, 11) is 3.95. The molecule has 5 nitrogen and oxygen atoms in total. The standard InChI is InChI=1S/C31H28Cl4N2O3/c1-37(2)7-8-40-29-5-3-21(4-6-29)31(39)36-28-15-22(9-19-11-24(32)17-25(33)12-19)30(38)23(16-28)10-20-13-26(34)18-27(35)14-20/h3-6,9-14,17-18,28H,7-8,15-16H2,1-2H3,(H,36,39). The Balaban J connectivity index is 1.58. The van der Waals surface area contributed by atoms with E-state index in [0.29, 0.717) is 73.1 Å². The van der Waals surface area contributed by atoms with E-state index in [9.17, 15) is 9.59 Å². The predicted molar refractivity (Wildman–Crippen MR) is 165 cm³/mol. The van der Waals surface area contributed by atoms with E-state index in [1.54, 1.807) is 72.8 Å². The quantitative estimate of drug-likeness (QED) is 0.261. The average Bonchev–Trinajstić information content (AvgIpc) is 2.86. The van der Waals surface area contributed by atoms with Gasteiger partial charge in [0.05, 0.1) is 0 Å². The number of rotatable bonds is 8. The summed E-state index contributed by atoms with van der Waals surface area (Å²) >= 11 is 24.7. The minimum absolute atomic E-state index is 0.128. The van der Waals surface area contributed by atoms with E-state index in [4.69, 9.17) is 51.1 Å². The smallest absolute Gasteiger partial charge is 0.251 e. The summed E-state index contributed by atoms with van der Waals surface area (Å²) in [5.74, 6) is 0.323. The number of nitrogens with one attached hydrogen (secondary N) is 1. The molecule has 3 aromatic rings. The van der Waals surface area contributed by atoms with Gasteiger partial charge in [0.1, 0.15) is 12.4 Å². The number of hydrogen-bond donors (Lipinski definition) is 1. The van der Waals surface area contributed by atoms with Gasteiger partial charge < -0.3 is 15.0 Å². The van der Waals surface area contributed by atoms with Crippen molar-refractivity contribution >= 4 is 70.2 Å². The van der Waals surface area contributed by atoms with Crippen molar-refractivity contribution in [3.05, 3.63) is 109 Å². The van der Waals surface area contributed by atoms with Gasteiger partial charge in [-0.25, -0.2) is 0 Å². The second-order valence-electron chi connectivity index (χ2n) is 9.83. The van der Waals surface area contributed by atoms with Crippen LogP contribution in [0.2, 0.25) is 20.1 Å². The summed E-state index contributed by atoms with van der Waals surface area (Å²) in [4.78, 5) is 28.7. The highest BCUT2D eigenvalue weighted by Gasteiger charge is 2.29. The first-order valence-electron chi connectivity index (χ1n) is 12.6. The lowest BCUT2D eigenvalue weighted by Gasteiger charge is -2.27. The van der Waals surface area contributed by atoms with Gasteiger partial charge in [0.25, 0.3) is 5.91 Å². The van der Waals surface area contributed by atoms with Crippen LogP contribution < -0.4 is 10.1 Å². The second kappa shape index (κ2) is 13.7. The Morgan fingerprint density at radius 1 is 0.850 bits per heavy atom. The molecule has 1 aliphatic carbocycles. The molecule has 40 heavy (non-hydrogen) atoms. The highest BCUT2D eigenvalue weighted by atomic mass is 35.5. The summed E-state index contributed by atoms with van der Waals surface area (Å²) in [6.45, 7) is 1.34. The lowest BCUT2D eigenvalue weighted by atomic mass is 9.83. The number of nitrogens with zero attached hydrogens (tertiary/aromatic N) is 1. The van der Waals surface area contributed by atoms with Gasteiger partial charge in [-0.1, -0.05) is 46.4 Å². The number of amides is 1. The maximum atomic E-state index is 13.5. The number of carbonyl (C=O) groups is 2. The largest absolute Gasteiger partial charge is 0.492 e. The molecule has 0 atom stereocenters. The van der Waals surface area contributed by atoms with E-state index in [0.717, 1.165) is 6.54 Å². The van der Waals surface area contributed by atoms with Crippen LogP contribution in [0.15, 0.2) is 71.8 Å². The van der Waals surface area contributed by atoms with Crippen molar-refractivity contribution in [2.24, 2.45) is 0 Å². The Labute approximate surface area is 254 Å². The van der Waals surface area contributed by atoms with Crippen LogP contribution in [0.1, 0.15) is 34.3 Å². The zero-order chi connectivity index (χ0) is 28.8. The monoisotopic (exact) mass is 616 g/mol. The molecule has 0 unspecified atom stereocenters. The third-order valence-electron chi connectivity index (χ3n) is 6.23. The van der Waals surface area contributed by atoms with Gasteiger partial charge in [-0.2, -0.15) is 0 Å². The van der Waals surface area contributed by atoms with E-state index in [1.807, 2.05) is 19.0 Å². The molecule has 0 saturated heterocycles. The first kappa shape index (κ1) is 30.2. The highest BCUT2D eigenvalue weighted by Crippen LogP contribution is 2.31. The zero-order valence-corrected chi connectivity index (χ0v) is 25.0. The first-order chi connectivity index (χ1) is 19.0. The normalized spacial score (nSPS) is 17.5. The third kappa shape index (κ3) is 8.60. The fraction of sp³-hybridized carbons (Fsp3) is 0.226. The molecular weight excluding hydrogens is 590 g/mol. The van der Waals surface area contributed by atoms with Crippen molar-refractivity contribution in [1.82, 2.24) is 10.2 Å². The molecular formula is C31H28Cl4N2O3. The maximum absolute atomic E-state index is 13.5. The van der Waals surface area contributed by atoms with Gasteiger partial charge in [0.15, 0.2) is 5.78 Å². The van der Waals surface area contributed by atoms with Crippen LogP contribution >= 0.6 is 46.4 Å². The highest BCUT2D eigenvalue weighted by molar-refractivity contribution is 6.35. The van der Waals surface area contributed by atoms with Gasteiger partial charge in [0, 0.05) is 49.4 Å². The molecule has 0 aliphatic heterocycles. The SMILES string of the molecule is CN(C)CCOc1ccc(C(=O)NC2CC(=Cc3cc(Cl)cc(Cl)c3)C(=O)C(=Cc3cc(Cl)cc(Cl)c3)C2)cc1. The number of Topliss-reactive ketones (excluding diaryl/α,β-unsaturated/α-hetero) is 1. The lowest BCUT2D eigenvalue weighted by molar-refractivity contribution is -0.113. The van der Waals surface area contributed by atoms with Crippen LogP contribution in [-0.4, -0.2) is 49.9 Å². The molecule has 1 aliphatic rings. The van der Waals surface area contributed by atoms with Crippen molar-refractivity contribution in [2.45, 2.75) is 18.9 Å². The lowest BCUT2D eigenvalue weighted by Crippen LogP contribution is -2.39. The fourth-order valence-corrected chi connectivity index (χ4v) is 5.47. The summed E-state index contributed by atoms with van der Waals surface area (Å²) in [6.07, 6.45) is 4.20. The van der Waals surface area contributed by atoms with Gasteiger partial charge in [-0.05, 0) is 111 Å². The topological polar surface area (TPSA) is 58.6 Å². The number of ketones is 1. The third-order valence-corrected chi connectivity index (χ3v) is 7.10. The molecule has 1 amide bonds. The van der Waals surface area contributed by atoms with E-state index in [-0.39, 0.29) is 17.7 Å². The zero-order valence-electron chi connectivity index (χ0n) is 22.0. The van der Waals surface area contributed by atoms with Crippen molar-refractivity contribution in [3.8, 4) is 5.75 Å². The molecule has 9 heteroatoms. The van der Waals surface area contributed by atoms with Gasteiger partial charge in [-0.3, -0.25) is 9.59 Å². The van der Waals surface area contributed by atoms with Gasteiger partial charge in [0.2, 0.25) is 0 Å². The number of halogens is 4. The molecule has 1 N–H and O–H groups in total. The Kier molecular flexibility index (Phi) is 10.3. The molecule has 0 radical (unpaired) electrons. The Morgan fingerprint density at radius 2 is 1.32 bits per heavy atom. The minimum Gasteiger partial charge on any atom is -0.492 e. The Morgan fingerprint density at radius 3 is 1.77 bits per heavy atom. The van der Waals surface area contributed by atoms with Crippen LogP contribution in [-0.2, 0) is 4.79 Å². The van der Waals surface area contributed by atoms with E-state index in [2.05, 4.69) is 5.32 Å². The predicted octanol–water partition coefficient (Wildman–Crippen LogP) is 7.87. The fourth-order valence-electron chi connectivity index (χ4n) is 4.38. The molecule has 0 spiro atoms. The maximum Gasteiger partial charge on any atom is 0.251 e. The molecule has 0 heterocycles. The van der Waals surface area contributed by atoms with Crippen LogP contribution in [0, 0.1) is 0 Å². The number of hydrogen-bond acceptors (Lipinski definition) is 4. The summed E-state index contributed by atoms with van der Waals surface area (Å²) < 4.78 is 5.72. The molecule has 0 aromatic heterocycles. The van der Waals surface area contributed by atoms with Crippen molar-refractivity contribution in [3.63, 3.8) is 0 Å². The molecule has 1 saturated carbocycles. The van der Waals surface area contributed by atoms with E-state index < -0.39 is 0 Å². The van der Waals surface area contributed by atoms with Gasteiger partial charge in [-0.15, -0.1) is 0 Å². The van der Waals surface area contributed by atoms with Gasteiger partial charge >= 0.3 is 0 Å². The summed E-state index contributed by atoms with van der Waals surface area (Å²) in [5.41, 5.74) is 2.94. The van der Waals surface area contributed by atoms with E-state index >= 15 is 0 Å². The summed E-state index contributed by atoms with van der Waals surface area (Å²) in [6, 6.07) is 16.9. The Hall–Kier alpha value is -2.80. The van der Waals surface area contributed by atoms with Crippen molar-refractivity contribution in [2.75, 3.05) is 27.2 Å². The molecule has 208 valence electrons. The molecule has 0 bridgehead atoms. The number of likely N-dealkylation sites (N-methyl/N-ethyl adjacent to an activating group) is 1. The van der Waals surface area contributed by atoms with Crippen LogP contribution in [0.4, 0.5) is 0 Å². The van der Waals surface area contributed by atoms with E-state index in [1.165, 1.54) is 0 Å². The van der Waals surface area contributed by atoms with Crippen LogP contribution in [0.3, 0.4) is 0 Å². The number of benzene rings is 3. The van der Waals surface area contributed by atoms with Crippen molar-refractivity contribution in [1.29, 1.82) is 0 Å². The van der Waals surface area contributed by atoms with Crippen molar-refractivity contribution < 1.29 is 14.3 Å². The Bertz CT molecular complexity index is 1350.